The molecule has 0 radical (unpaired) electrons. The topological polar surface area (TPSA) is 148 Å². The lowest BCUT2D eigenvalue weighted by atomic mass is 10.0. The summed E-state index contributed by atoms with van der Waals surface area (Å²) in [5.41, 5.74) is 0.758. The molecule has 1 aliphatic heterocycles. The molecule has 42 heavy (non-hydrogen) atoms. The summed E-state index contributed by atoms with van der Waals surface area (Å²) in [6.45, 7) is 0.884. The minimum Gasteiger partial charge on any atom is -0.494 e. The standard InChI is InChI=1S/C29H32ClN3O7S2/c30-25-18-21(14-15-24(25)27-20-28(34)33-42(27,38)39)19-26(32-41(36,37)23-12-6-2-7-13-23)29(35)31-16-8-3-9-17-40-22-10-4-1-5-11-22/h1-2,4-7,10-15,18,26-27,32H,3,8-9,16-17,19-20H2,(H,31,35)(H,33,34). The second-order valence-corrected chi connectivity index (χ2v) is 13.8. The number of amides is 2. The summed E-state index contributed by atoms with van der Waals surface area (Å²) in [5, 5.41) is 1.78. The van der Waals surface area contributed by atoms with Crippen molar-refractivity contribution in [2.24, 2.45) is 0 Å². The number of unbranched alkanes of at least 4 members (excludes halogenated alkanes) is 2. The van der Waals surface area contributed by atoms with Gasteiger partial charge in [0.2, 0.25) is 31.9 Å². The van der Waals surface area contributed by atoms with Gasteiger partial charge in [-0.1, -0.05) is 60.1 Å². The zero-order chi connectivity index (χ0) is 30.2. The molecule has 3 aromatic rings. The number of rotatable bonds is 14. The Balaban J connectivity index is 1.40. The Kier molecular flexibility index (Phi) is 10.6. The van der Waals surface area contributed by atoms with Gasteiger partial charge in [0.25, 0.3) is 0 Å². The average molecular weight is 634 g/mol. The molecule has 13 heteroatoms. The number of hydrogen-bond donors (Lipinski definition) is 3. The summed E-state index contributed by atoms with van der Waals surface area (Å²) in [4.78, 5) is 24.9. The van der Waals surface area contributed by atoms with E-state index >= 15 is 0 Å². The van der Waals surface area contributed by atoms with Crippen molar-refractivity contribution in [2.45, 2.75) is 48.3 Å². The van der Waals surface area contributed by atoms with E-state index in [1.165, 1.54) is 24.3 Å². The first kappa shape index (κ1) is 31.5. The molecule has 0 aromatic heterocycles. The predicted octanol–water partition coefficient (Wildman–Crippen LogP) is 3.49. The molecule has 0 saturated carbocycles. The maximum atomic E-state index is 13.2. The first-order chi connectivity index (χ1) is 20.0. The summed E-state index contributed by atoms with van der Waals surface area (Å²) < 4.78 is 60.8. The summed E-state index contributed by atoms with van der Waals surface area (Å²) in [5.74, 6) is -0.332. The number of hydrogen-bond acceptors (Lipinski definition) is 7. The molecule has 224 valence electrons. The van der Waals surface area contributed by atoms with E-state index in [1.54, 1.807) is 24.3 Å². The zero-order valence-electron chi connectivity index (χ0n) is 22.7. The minimum atomic E-state index is -4.03. The molecule has 4 rings (SSSR count). The van der Waals surface area contributed by atoms with Crippen molar-refractivity contribution in [3.8, 4) is 5.75 Å². The maximum absolute atomic E-state index is 13.2. The van der Waals surface area contributed by atoms with E-state index in [0.717, 1.165) is 18.6 Å². The van der Waals surface area contributed by atoms with Crippen LogP contribution in [0.2, 0.25) is 5.02 Å². The molecule has 10 nitrogen and oxygen atoms in total. The van der Waals surface area contributed by atoms with Gasteiger partial charge in [-0.25, -0.2) is 16.8 Å². The van der Waals surface area contributed by atoms with Gasteiger partial charge in [0.1, 0.15) is 17.0 Å². The van der Waals surface area contributed by atoms with Crippen LogP contribution in [0, 0.1) is 0 Å². The minimum absolute atomic E-state index is 0.0122. The average Bonchev–Trinajstić information content (AvgIpc) is 3.24. The molecule has 1 fully saturated rings. The highest BCUT2D eigenvalue weighted by atomic mass is 35.5. The van der Waals surface area contributed by atoms with Gasteiger partial charge >= 0.3 is 0 Å². The number of ether oxygens (including phenoxy) is 1. The van der Waals surface area contributed by atoms with E-state index in [-0.39, 0.29) is 28.3 Å². The predicted molar refractivity (Wildman–Crippen MR) is 159 cm³/mol. The quantitative estimate of drug-likeness (QED) is 0.230. The van der Waals surface area contributed by atoms with E-state index in [1.807, 2.05) is 35.1 Å². The number of halogens is 1. The normalized spacial score (nSPS) is 16.9. The summed E-state index contributed by atoms with van der Waals surface area (Å²) in [6.07, 6.45) is 1.97. The van der Waals surface area contributed by atoms with Crippen LogP contribution in [0.1, 0.15) is 42.1 Å². The molecule has 1 heterocycles. The van der Waals surface area contributed by atoms with Gasteiger partial charge in [-0.2, -0.15) is 4.72 Å². The fourth-order valence-corrected chi connectivity index (χ4v) is 7.58. The second kappa shape index (κ2) is 14.1. The smallest absolute Gasteiger partial charge is 0.242 e. The Morgan fingerprint density at radius 1 is 1.00 bits per heavy atom. The molecule has 1 saturated heterocycles. The van der Waals surface area contributed by atoms with Crippen molar-refractivity contribution in [2.75, 3.05) is 13.2 Å². The number of para-hydroxylation sites is 1. The lowest BCUT2D eigenvalue weighted by molar-refractivity contribution is -0.122. The molecular formula is C29H32ClN3O7S2. The van der Waals surface area contributed by atoms with Crippen molar-refractivity contribution in [3.63, 3.8) is 0 Å². The first-order valence-electron chi connectivity index (χ1n) is 13.4. The summed E-state index contributed by atoms with van der Waals surface area (Å²) >= 11 is 6.41. The molecule has 0 aliphatic carbocycles. The molecule has 1 aliphatic rings. The van der Waals surface area contributed by atoms with E-state index < -0.39 is 43.2 Å². The SMILES string of the molecule is O=C1CC(c2ccc(CC(NS(=O)(=O)c3ccccc3)C(=O)NCCCCCOc3ccccc3)cc2Cl)S(=O)(=O)N1. The number of carbonyl (C=O) groups is 2. The van der Waals surface area contributed by atoms with Gasteiger partial charge in [0.15, 0.2) is 0 Å². The van der Waals surface area contributed by atoms with Gasteiger partial charge in [0, 0.05) is 11.6 Å². The van der Waals surface area contributed by atoms with Crippen LogP contribution >= 0.6 is 11.6 Å². The van der Waals surface area contributed by atoms with Gasteiger partial charge in [-0.3, -0.25) is 14.3 Å². The van der Waals surface area contributed by atoms with Crippen LogP contribution in [0.5, 0.6) is 5.75 Å². The van der Waals surface area contributed by atoms with E-state index in [4.69, 9.17) is 16.3 Å². The fraction of sp³-hybridized carbons (Fsp3) is 0.310. The van der Waals surface area contributed by atoms with Crippen molar-refractivity contribution >= 4 is 43.5 Å². The second-order valence-electron chi connectivity index (χ2n) is 9.82. The van der Waals surface area contributed by atoms with Crippen molar-refractivity contribution in [1.29, 1.82) is 0 Å². The fourth-order valence-electron chi connectivity index (χ4n) is 4.51. The van der Waals surface area contributed by atoms with Crippen LogP contribution in [0.15, 0.2) is 83.8 Å². The van der Waals surface area contributed by atoms with Crippen molar-refractivity contribution in [1.82, 2.24) is 14.8 Å². The third-order valence-corrected chi connectivity index (χ3v) is 10.1. The van der Waals surface area contributed by atoms with Crippen molar-refractivity contribution in [3.05, 3.63) is 95.0 Å². The Bertz CT molecular complexity index is 1600. The van der Waals surface area contributed by atoms with Crippen LogP contribution in [0.25, 0.3) is 0 Å². The number of benzene rings is 3. The van der Waals surface area contributed by atoms with E-state index in [2.05, 4.69) is 10.0 Å². The molecule has 0 bridgehead atoms. The highest BCUT2D eigenvalue weighted by molar-refractivity contribution is 7.90. The van der Waals surface area contributed by atoms with Gasteiger partial charge in [-0.15, -0.1) is 0 Å². The van der Waals surface area contributed by atoms with E-state index in [0.29, 0.717) is 25.1 Å². The molecule has 2 unspecified atom stereocenters. The third kappa shape index (κ3) is 8.54. The van der Waals surface area contributed by atoms with Crippen LogP contribution in [0.4, 0.5) is 0 Å². The van der Waals surface area contributed by atoms with E-state index in [9.17, 15) is 26.4 Å². The van der Waals surface area contributed by atoms with Crippen molar-refractivity contribution < 1.29 is 31.2 Å². The highest BCUT2D eigenvalue weighted by Crippen LogP contribution is 2.35. The number of carbonyl (C=O) groups excluding carboxylic acids is 2. The zero-order valence-corrected chi connectivity index (χ0v) is 25.1. The first-order valence-corrected chi connectivity index (χ1v) is 16.8. The van der Waals surface area contributed by atoms with Crippen LogP contribution in [0.3, 0.4) is 0 Å². The highest BCUT2D eigenvalue weighted by Gasteiger charge is 2.39. The Morgan fingerprint density at radius 2 is 1.69 bits per heavy atom. The third-order valence-electron chi connectivity index (χ3n) is 6.65. The molecular weight excluding hydrogens is 602 g/mol. The molecule has 3 aromatic carbocycles. The Hall–Kier alpha value is -3.45. The Labute approximate surface area is 250 Å². The summed E-state index contributed by atoms with van der Waals surface area (Å²) in [7, 11) is -7.93. The number of nitrogens with one attached hydrogen (secondary N) is 3. The van der Waals surface area contributed by atoms with Gasteiger partial charge < -0.3 is 10.1 Å². The van der Waals surface area contributed by atoms with Crippen LogP contribution < -0.4 is 19.5 Å². The lowest BCUT2D eigenvalue weighted by Gasteiger charge is -2.20. The van der Waals surface area contributed by atoms with Crippen LogP contribution in [-0.2, 0) is 36.1 Å². The van der Waals surface area contributed by atoms with Gasteiger partial charge in [0.05, 0.1) is 17.9 Å². The molecule has 0 spiro atoms. The maximum Gasteiger partial charge on any atom is 0.242 e. The molecule has 2 atom stereocenters. The summed E-state index contributed by atoms with van der Waals surface area (Å²) in [6, 6.07) is 20.6. The van der Waals surface area contributed by atoms with Gasteiger partial charge in [-0.05, 0) is 67.1 Å². The monoisotopic (exact) mass is 633 g/mol. The largest absolute Gasteiger partial charge is 0.494 e. The molecule has 2 amide bonds. The Morgan fingerprint density at radius 3 is 2.33 bits per heavy atom. The van der Waals surface area contributed by atoms with Crippen LogP contribution in [-0.4, -0.2) is 47.8 Å². The lowest BCUT2D eigenvalue weighted by Crippen LogP contribution is -2.48. The molecule has 3 N–H and O–H groups in total. The number of sulfonamides is 2.